The van der Waals surface area contributed by atoms with Gasteiger partial charge in [0.25, 0.3) is 0 Å². The molecule has 2 aromatic rings. The smallest absolute Gasteiger partial charge is 0.492 e. The summed E-state index contributed by atoms with van der Waals surface area (Å²) in [6.07, 6.45) is 0.793. The van der Waals surface area contributed by atoms with Crippen molar-refractivity contribution < 1.29 is 28.1 Å². The molecular formula is C21H27B2BrClNO6S2. The van der Waals surface area contributed by atoms with E-state index in [2.05, 4.69) is 22.9 Å². The molecule has 0 aromatic heterocycles. The Hall–Kier alpha value is -0.560. The number of rotatable bonds is 2. The third kappa shape index (κ3) is 5.12. The summed E-state index contributed by atoms with van der Waals surface area (Å²) >= 11 is 9.75. The molecule has 4 aliphatic rings. The van der Waals surface area contributed by atoms with Crippen molar-refractivity contribution in [2.45, 2.75) is 25.6 Å². The molecule has 2 aromatic carbocycles. The monoisotopic (exact) mass is 589 g/mol. The van der Waals surface area contributed by atoms with Crippen molar-refractivity contribution in [3.8, 4) is 11.5 Å². The lowest BCUT2D eigenvalue weighted by Crippen LogP contribution is -2.31. The Morgan fingerprint density at radius 1 is 0.882 bits per heavy atom. The van der Waals surface area contributed by atoms with E-state index in [-0.39, 0.29) is 53.4 Å². The lowest BCUT2D eigenvalue weighted by atomic mass is 9.77. The molecule has 0 saturated carbocycles. The molecule has 13 heteroatoms. The van der Waals surface area contributed by atoms with Crippen molar-refractivity contribution in [2.24, 2.45) is 5.73 Å². The first-order valence-electron chi connectivity index (χ1n) is 10.8. The number of hydrogen-bond acceptors (Lipinski definition) is 7. The molecule has 6 rings (SSSR count). The zero-order chi connectivity index (χ0) is 22.2. The van der Waals surface area contributed by atoms with Gasteiger partial charge in [-0.05, 0) is 36.2 Å². The Balaban J connectivity index is 0.000000180. The van der Waals surface area contributed by atoms with Gasteiger partial charge in [-0.25, -0.2) is 0 Å². The van der Waals surface area contributed by atoms with Crippen molar-refractivity contribution in [1.29, 1.82) is 0 Å². The lowest BCUT2D eigenvalue weighted by molar-refractivity contribution is 0.141. The fourth-order valence-corrected chi connectivity index (χ4v) is 5.36. The molecule has 0 bridgehead atoms. The second kappa shape index (κ2) is 12.1. The number of benzene rings is 2. The van der Waals surface area contributed by atoms with Crippen LogP contribution in [0.5, 0.6) is 11.5 Å². The fraction of sp³-hybridized carbons (Fsp3) is 0.429. The molecule has 0 spiro atoms. The van der Waals surface area contributed by atoms with Crippen molar-refractivity contribution >= 4 is 79.7 Å². The Labute approximate surface area is 227 Å². The Bertz CT molecular complexity index is 946. The molecule has 2 atom stereocenters. The van der Waals surface area contributed by atoms with Crippen LogP contribution in [-0.2, 0) is 18.6 Å². The largest absolute Gasteiger partial charge is 0.498 e. The Morgan fingerprint density at radius 2 is 1.44 bits per heavy atom. The third-order valence-electron chi connectivity index (χ3n) is 5.88. The summed E-state index contributed by atoms with van der Waals surface area (Å²) < 4.78 is 35.1. The van der Waals surface area contributed by atoms with E-state index in [4.69, 9.17) is 45.4 Å². The summed E-state index contributed by atoms with van der Waals surface area (Å²) in [7, 11) is -0.644. The van der Waals surface area contributed by atoms with Crippen LogP contribution in [0.4, 0.5) is 0 Å². The van der Waals surface area contributed by atoms with Crippen molar-refractivity contribution in [2.75, 3.05) is 33.0 Å². The number of hydrogen-bond donors (Lipinski definition) is 1. The highest BCUT2D eigenvalue weighted by Crippen LogP contribution is 2.37. The van der Waals surface area contributed by atoms with Crippen LogP contribution in [0.1, 0.15) is 36.7 Å². The molecule has 0 fully saturated rings. The average Bonchev–Trinajstić information content (AvgIpc) is 3.22. The summed E-state index contributed by atoms with van der Waals surface area (Å²) in [5, 5.41) is 0.738. The number of halogens is 2. The van der Waals surface area contributed by atoms with Gasteiger partial charge in [0, 0.05) is 32.5 Å². The van der Waals surface area contributed by atoms with Crippen LogP contribution in [0.25, 0.3) is 0 Å². The molecule has 2 N–H and O–H groups in total. The maximum Gasteiger partial charge on any atom is 0.498 e. The zero-order valence-electron chi connectivity index (χ0n) is 18.6. The van der Waals surface area contributed by atoms with Gasteiger partial charge in [-0.1, -0.05) is 34.5 Å². The van der Waals surface area contributed by atoms with Crippen LogP contribution < -0.4 is 26.1 Å². The predicted molar refractivity (Wildman–Crippen MR) is 147 cm³/mol. The van der Waals surface area contributed by atoms with Crippen LogP contribution in [0.2, 0.25) is 5.02 Å². The van der Waals surface area contributed by atoms with Crippen LogP contribution >= 0.6 is 54.5 Å². The predicted octanol–water partition coefficient (Wildman–Crippen LogP) is 2.73. The van der Waals surface area contributed by atoms with E-state index in [1.165, 1.54) is 0 Å². The summed E-state index contributed by atoms with van der Waals surface area (Å²) in [5.41, 5.74) is 9.77. The van der Waals surface area contributed by atoms with Gasteiger partial charge in [-0.3, -0.25) is 0 Å². The second-order valence-electron chi connectivity index (χ2n) is 7.74. The van der Waals surface area contributed by atoms with E-state index in [1.807, 2.05) is 24.3 Å². The van der Waals surface area contributed by atoms with Crippen molar-refractivity contribution in [3.63, 3.8) is 0 Å². The zero-order valence-corrected chi connectivity index (χ0v) is 23.0. The van der Waals surface area contributed by atoms with Gasteiger partial charge in [0.1, 0.15) is 24.7 Å². The topological polar surface area (TPSA) is 81.4 Å². The first-order chi connectivity index (χ1) is 15.6. The molecule has 34 heavy (non-hydrogen) atoms. The molecule has 4 aliphatic heterocycles. The highest BCUT2D eigenvalue weighted by atomic mass is 79.9. The van der Waals surface area contributed by atoms with Gasteiger partial charge in [0.15, 0.2) is 0 Å². The molecule has 4 heterocycles. The normalized spacial score (nSPS) is 21.3. The third-order valence-corrected chi connectivity index (χ3v) is 6.91. The average molecular weight is 591 g/mol. The minimum atomic E-state index is -0.335. The van der Waals surface area contributed by atoms with E-state index in [0.717, 1.165) is 49.5 Å². The maximum absolute atomic E-state index is 6.22. The summed E-state index contributed by atoms with van der Waals surface area (Å²) in [5.74, 6) is 1.69. The summed E-state index contributed by atoms with van der Waals surface area (Å²) in [4.78, 5) is 0. The molecule has 0 amide bonds. The van der Waals surface area contributed by atoms with Gasteiger partial charge >= 0.3 is 14.2 Å². The van der Waals surface area contributed by atoms with Crippen LogP contribution in [0.15, 0.2) is 28.7 Å². The molecule has 0 radical (unpaired) electrons. The van der Waals surface area contributed by atoms with Crippen LogP contribution in [0.3, 0.4) is 0 Å². The van der Waals surface area contributed by atoms with E-state index in [1.54, 1.807) is 0 Å². The van der Waals surface area contributed by atoms with Gasteiger partial charge in [0.2, 0.25) is 0 Å². The van der Waals surface area contributed by atoms with Gasteiger partial charge in [-0.2, -0.15) is 27.0 Å². The minimum absolute atomic E-state index is 0. The van der Waals surface area contributed by atoms with Crippen molar-refractivity contribution in [3.05, 3.63) is 44.9 Å². The summed E-state index contributed by atoms with van der Waals surface area (Å²) in [6.45, 7) is 4.72. The first kappa shape index (κ1) is 28.0. The van der Waals surface area contributed by atoms with E-state index < -0.39 is 0 Å². The molecule has 0 unspecified atom stereocenters. The Kier molecular flexibility index (Phi) is 9.99. The SMILES string of the molecule is CC[C@H]1OB2OCCOc3ccc(Cl)c1c32.NC[C@H]1OB2OCCOc3ccc(Br)c1c32.S.S. The molecule has 0 saturated heterocycles. The van der Waals surface area contributed by atoms with E-state index in [9.17, 15) is 0 Å². The first-order valence-corrected chi connectivity index (χ1v) is 11.9. The standard InChI is InChI=1S/C11H12BClO3.C10H11BBrNO3.2H2S/c1-2-8-10-7(13)3-4-9-11(10)12(16-8)15-6-5-14-9;12-6-1-2-7-10-9(6)8(5-13)16-11(10)15-4-3-14-7;;/h3-4,8H,2,5-6H2,1H3;1-2,8H,3-5,13H2;2*1H2/t2*8-;;/m11../s1. The second-order valence-corrected chi connectivity index (χ2v) is 9.00. The van der Waals surface area contributed by atoms with Gasteiger partial charge < -0.3 is 33.8 Å². The van der Waals surface area contributed by atoms with Crippen molar-refractivity contribution in [1.82, 2.24) is 0 Å². The maximum atomic E-state index is 6.22. The van der Waals surface area contributed by atoms with Gasteiger partial charge in [0.05, 0.1) is 25.4 Å². The van der Waals surface area contributed by atoms with E-state index in [0.29, 0.717) is 33.0 Å². The van der Waals surface area contributed by atoms with Gasteiger partial charge in [-0.15, -0.1) is 0 Å². The fourth-order valence-electron chi connectivity index (χ4n) is 4.48. The number of ether oxygens (including phenoxy) is 2. The minimum Gasteiger partial charge on any atom is -0.492 e. The van der Waals surface area contributed by atoms with E-state index >= 15 is 0 Å². The molecule has 7 nitrogen and oxygen atoms in total. The molecular weight excluding hydrogens is 563 g/mol. The highest BCUT2D eigenvalue weighted by molar-refractivity contribution is 9.10. The van der Waals surface area contributed by atoms with Crippen LogP contribution in [-0.4, -0.2) is 47.2 Å². The highest BCUT2D eigenvalue weighted by Gasteiger charge is 2.43. The molecule has 184 valence electrons. The lowest BCUT2D eigenvalue weighted by Gasteiger charge is -2.13. The van der Waals surface area contributed by atoms with Crippen LogP contribution in [0, 0.1) is 0 Å². The molecule has 0 aliphatic carbocycles. The number of nitrogens with two attached hydrogens (primary N) is 1. The quantitative estimate of drug-likeness (QED) is 0.539. The Morgan fingerprint density at radius 3 is 2.03 bits per heavy atom. The summed E-state index contributed by atoms with van der Waals surface area (Å²) in [6, 6.07) is 7.67.